The van der Waals surface area contributed by atoms with E-state index in [1.165, 1.54) is 19.1 Å². The zero-order valence-electron chi connectivity index (χ0n) is 26.6. The molecular weight excluding hydrogens is 628 g/mol. The minimum absolute atomic E-state index is 0.0486. The second kappa shape index (κ2) is 19.1. The zero-order valence-corrected chi connectivity index (χ0v) is 27.5. The summed E-state index contributed by atoms with van der Waals surface area (Å²) in [6.07, 6.45) is 0.422. The molecule has 5 amide bonds. The zero-order chi connectivity index (χ0) is 35.1. The third-order valence-corrected chi connectivity index (χ3v) is 7.34. The van der Waals surface area contributed by atoms with Crippen molar-refractivity contribution in [3.63, 3.8) is 0 Å². The highest BCUT2D eigenvalue weighted by molar-refractivity contribution is 7.80. The van der Waals surface area contributed by atoms with Gasteiger partial charge in [-0.3, -0.25) is 24.0 Å². The lowest BCUT2D eigenvalue weighted by atomic mass is 10.0. The largest absolute Gasteiger partial charge is 0.508 e. The quantitative estimate of drug-likeness (QED) is 0.0941. The monoisotopic (exact) mass is 672 g/mol. The Morgan fingerprint density at radius 2 is 1.30 bits per heavy atom. The fourth-order valence-electron chi connectivity index (χ4n) is 4.42. The van der Waals surface area contributed by atoms with Crippen molar-refractivity contribution in [3.8, 4) is 5.75 Å². The molecule has 2 aromatic rings. The number of nitrogens with two attached hydrogens (primary N) is 1. The summed E-state index contributed by atoms with van der Waals surface area (Å²) in [5.74, 6) is -4.75. The van der Waals surface area contributed by atoms with Crippen molar-refractivity contribution in [1.82, 2.24) is 26.6 Å². The smallest absolute Gasteiger partial charge is 0.327 e. The van der Waals surface area contributed by atoms with Gasteiger partial charge < -0.3 is 42.5 Å². The van der Waals surface area contributed by atoms with Crippen molar-refractivity contribution in [1.29, 1.82) is 0 Å². The summed E-state index contributed by atoms with van der Waals surface area (Å²) in [6, 6.07) is 9.50. The van der Waals surface area contributed by atoms with Gasteiger partial charge in [0.25, 0.3) is 0 Å². The van der Waals surface area contributed by atoms with E-state index in [1.54, 1.807) is 42.5 Å². The molecule has 9 N–H and O–H groups in total. The van der Waals surface area contributed by atoms with Gasteiger partial charge >= 0.3 is 5.97 Å². The van der Waals surface area contributed by atoms with Gasteiger partial charge in [0.05, 0.1) is 12.6 Å². The summed E-state index contributed by atoms with van der Waals surface area (Å²) in [7, 11) is 0. The Labute approximate surface area is 279 Å². The minimum Gasteiger partial charge on any atom is -0.508 e. The van der Waals surface area contributed by atoms with Crippen LogP contribution >= 0.6 is 12.6 Å². The molecule has 0 heterocycles. The molecule has 2 rings (SSSR count). The number of aliphatic carboxylic acids is 1. The predicted molar refractivity (Wildman–Crippen MR) is 177 cm³/mol. The summed E-state index contributed by atoms with van der Waals surface area (Å²) in [5, 5.41) is 31.2. The first-order chi connectivity index (χ1) is 22.2. The highest BCUT2D eigenvalue weighted by Gasteiger charge is 2.30. The molecule has 0 saturated carbocycles. The minimum atomic E-state index is -1.27. The van der Waals surface area contributed by atoms with Crippen LogP contribution < -0.4 is 32.3 Å². The first kappa shape index (κ1) is 38.6. The van der Waals surface area contributed by atoms with Gasteiger partial charge in [-0.15, -0.1) is 0 Å². The number of carboxylic acid groups (broad SMARTS) is 1. The molecule has 2 aromatic carbocycles. The summed E-state index contributed by atoms with van der Waals surface area (Å²) >= 11 is 3.96. The average Bonchev–Trinajstić information content (AvgIpc) is 3.02. The van der Waals surface area contributed by atoms with Crippen LogP contribution in [0.1, 0.15) is 38.3 Å². The SMILES string of the molecule is CC(C)CC(NC(=O)C(Cc1ccccc1)NC(=O)CNC(=O)C(C)NC(=O)C(N)Cc1ccc(O)cc1)C(=O)NC(CS)C(=O)O. The third-order valence-electron chi connectivity index (χ3n) is 6.98. The van der Waals surface area contributed by atoms with E-state index in [9.17, 15) is 39.0 Å². The van der Waals surface area contributed by atoms with E-state index in [0.717, 1.165) is 0 Å². The van der Waals surface area contributed by atoms with Gasteiger partial charge in [-0.05, 0) is 48.9 Å². The molecule has 15 heteroatoms. The molecular formula is C32H44N6O8S. The van der Waals surface area contributed by atoms with Crippen molar-refractivity contribution in [2.75, 3.05) is 12.3 Å². The van der Waals surface area contributed by atoms with Crippen molar-refractivity contribution < 1.29 is 39.0 Å². The van der Waals surface area contributed by atoms with Crippen LogP contribution in [0.5, 0.6) is 5.75 Å². The van der Waals surface area contributed by atoms with Crippen LogP contribution in [0.2, 0.25) is 0 Å². The Morgan fingerprint density at radius 3 is 1.87 bits per heavy atom. The first-order valence-corrected chi connectivity index (χ1v) is 15.7. The van der Waals surface area contributed by atoms with Crippen LogP contribution in [-0.2, 0) is 41.6 Å². The van der Waals surface area contributed by atoms with Gasteiger partial charge in [-0.1, -0.05) is 56.3 Å². The van der Waals surface area contributed by atoms with Gasteiger partial charge in [-0.25, -0.2) is 4.79 Å². The van der Waals surface area contributed by atoms with E-state index in [0.29, 0.717) is 11.1 Å². The molecule has 5 unspecified atom stereocenters. The summed E-state index contributed by atoms with van der Waals surface area (Å²) < 4.78 is 0. The van der Waals surface area contributed by atoms with Gasteiger partial charge in [0.15, 0.2) is 0 Å². The number of aromatic hydroxyl groups is 1. The Kier molecular flexibility index (Phi) is 15.7. The Morgan fingerprint density at radius 1 is 0.723 bits per heavy atom. The first-order valence-electron chi connectivity index (χ1n) is 15.1. The maximum Gasteiger partial charge on any atom is 0.327 e. The number of carbonyl (C=O) groups excluding carboxylic acids is 5. The van der Waals surface area contributed by atoms with Crippen LogP contribution in [-0.4, -0.2) is 88.2 Å². The molecule has 0 aliphatic carbocycles. The number of phenols is 1. The molecule has 0 bridgehead atoms. The molecule has 0 saturated heterocycles. The normalized spacial score (nSPS) is 14.1. The topological polar surface area (TPSA) is 229 Å². The molecule has 0 aliphatic rings. The fraction of sp³-hybridized carbons (Fsp3) is 0.438. The maximum absolute atomic E-state index is 13.5. The van der Waals surface area contributed by atoms with E-state index in [1.807, 2.05) is 13.8 Å². The average molecular weight is 673 g/mol. The maximum atomic E-state index is 13.5. The molecule has 0 radical (unpaired) electrons. The van der Waals surface area contributed by atoms with Crippen molar-refractivity contribution in [3.05, 3.63) is 65.7 Å². The lowest BCUT2D eigenvalue weighted by molar-refractivity contribution is -0.141. The molecule has 5 atom stereocenters. The Hall–Kier alpha value is -4.63. The molecule has 0 spiro atoms. The predicted octanol–water partition coefficient (Wildman–Crippen LogP) is -0.359. The molecule has 14 nitrogen and oxygen atoms in total. The summed E-state index contributed by atoms with van der Waals surface area (Å²) in [4.78, 5) is 75.9. The highest BCUT2D eigenvalue weighted by atomic mass is 32.1. The van der Waals surface area contributed by atoms with Crippen LogP contribution in [0, 0.1) is 5.92 Å². The van der Waals surface area contributed by atoms with Gasteiger partial charge in [0.1, 0.15) is 29.9 Å². The second-order valence-electron chi connectivity index (χ2n) is 11.5. The van der Waals surface area contributed by atoms with Gasteiger partial charge in [0, 0.05) is 12.2 Å². The van der Waals surface area contributed by atoms with E-state index in [-0.39, 0.29) is 36.7 Å². The second-order valence-corrected chi connectivity index (χ2v) is 11.9. The Bertz CT molecular complexity index is 1380. The number of thiol groups is 1. The molecule has 47 heavy (non-hydrogen) atoms. The van der Waals surface area contributed by atoms with Crippen molar-refractivity contribution >= 4 is 48.1 Å². The molecule has 0 aromatic heterocycles. The summed E-state index contributed by atoms with van der Waals surface area (Å²) in [6.45, 7) is 4.57. The van der Waals surface area contributed by atoms with Crippen molar-refractivity contribution in [2.24, 2.45) is 11.7 Å². The highest BCUT2D eigenvalue weighted by Crippen LogP contribution is 2.11. The van der Waals surface area contributed by atoms with Crippen LogP contribution in [0.15, 0.2) is 54.6 Å². The van der Waals surface area contributed by atoms with Gasteiger partial charge in [0.2, 0.25) is 29.5 Å². The lowest BCUT2D eigenvalue weighted by Gasteiger charge is -2.25. The van der Waals surface area contributed by atoms with Crippen LogP contribution in [0.4, 0.5) is 0 Å². The number of rotatable bonds is 18. The number of phenolic OH excluding ortho intramolecular Hbond substituents is 1. The number of amides is 5. The molecule has 0 fully saturated rings. The number of nitrogens with one attached hydrogen (secondary N) is 5. The lowest BCUT2D eigenvalue weighted by Crippen LogP contribution is -2.57. The van der Waals surface area contributed by atoms with E-state index in [4.69, 9.17) is 5.73 Å². The van der Waals surface area contributed by atoms with Crippen molar-refractivity contribution in [2.45, 2.75) is 70.2 Å². The third kappa shape index (κ3) is 13.7. The van der Waals surface area contributed by atoms with Crippen LogP contribution in [0.3, 0.4) is 0 Å². The van der Waals surface area contributed by atoms with E-state index >= 15 is 0 Å². The fourth-order valence-corrected chi connectivity index (χ4v) is 4.67. The molecule has 0 aliphatic heterocycles. The standard InChI is InChI=1S/C32H44N6O8S/c1-18(2)13-24(30(43)38-26(17-47)32(45)46)37-31(44)25(15-20-7-5-4-6-8-20)36-27(40)16-34-28(41)19(3)35-29(42)23(33)14-21-9-11-22(39)12-10-21/h4-12,18-19,23-26,39,47H,13-17,33H2,1-3H3,(H,34,41)(H,35,42)(H,36,40)(H,37,44)(H,38,43)(H,45,46). The number of hydrogen-bond donors (Lipinski definition) is 9. The summed E-state index contributed by atoms with van der Waals surface area (Å²) in [5.41, 5.74) is 7.39. The van der Waals surface area contributed by atoms with E-state index in [2.05, 4.69) is 39.2 Å². The van der Waals surface area contributed by atoms with Crippen LogP contribution in [0.25, 0.3) is 0 Å². The number of benzene rings is 2. The van der Waals surface area contributed by atoms with E-state index < -0.39 is 72.3 Å². The van der Waals surface area contributed by atoms with Gasteiger partial charge in [-0.2, -0.15) is 12.6 Å². The number of hydrogen-bond acceptors (Lipinski definition) is 9. The number of carboxylic acids is 1. The number of carbonyl (C=O) groups is 6. The molecule has 256 valence electrons. The Balaban J connectivity index is 2.03.